The number of nitrogens with zero attached hydrogens (tertiary/aromatic N) is 3. The number of thiazole rings is 1. The first-order valence-electron chi connectivity index (χ1n) is 14.1. The van der Waals surface area contributed by atoms with Crippen LogP contribution in [0.15, 0.2) is 64.1 Å². The van der Waals surface area contributed by atoms with Crippen molar-refractivity contribution < 1.29 is 4.79 Å². The highest BCUT2D eigenvalue weighted by Gasteiger charge is 2.39. The number of hydrogen-bond donors (Lipinski definition) is 1. The van der Waals surface area contributed by atoms with Gasteiger partial charge in [0.05, 0.1) is 19.1 Å². The van der Waals surface area contributed by atoms with Crippen molar-refractivity contribution in [2.24, 2.45) is 4.99 Å². The molecule has 2 aliphatic carbocycles. The van der Waals surface area contributed by atoms with E-state index in [1.165, 1.54) is 76.7 Å². The summed E-state index contributed by atoms with van der Waals surface area (Å²) in [5.74, 6) is 0.0923. The van der Waals surface area contributed by atoms with Gasteiger partial charge in [0.2, 0.25) is 0 Å². The third kappa shape index (κ3) is 5.77. The standard InChI is InChI=1S/C16H18N2OS.C16H18N2S.CH4/c1-11-6-8-12(9-7-11)14(19)10-18-13-4-2-3-5-15(13)20-16(18)17;1-11-6-8-12(9-7-11)14-10-17-16-18(14)13-4-2-3-5-15(13)19-16;/h6-9,17H,2-5,10H2,1H3;6-9,14H,2-5,10H2,1H3;1H4. The van der Waals surface area contributed by atoms with Gasteiger partial charge in [0.1, 0.15) is 0 Å². The molecule has 40 heavy (non-hydrogen) atoms. The van der Waals surface area contributed by atoms with E-state index in [1.807, 2.05) is 47.5 Å². The number of Topliss-reactive ketones (excluding diaryl/α,β-unsaturated/α-hetero) is 1. The molecule has 0 amide bonds. The molecule has 0 fully saturated rings. The van der Waals surface area contributed by atoms with Crippen LogP contribution in [-0.4, -0.2) is 27.0 Å². The highest BCUT2D eigenvalue weighted by atomic mass is 32.2. The van der Waals surface area contributed by atoms with Gasteiger partial charge in [-0.1, -0.05) is 78.8 Å². The van der Waals surface area contributed by atoms with Gasteiger partial charge in [0, 0.05) is 26.7 Å². The third-order valence-electron chi connectivity index (χ3n) is 8.13. The number of aromatic nitrogens is 1. The van der Waals surface area contributed by atoms with Crippen molar-refractivity contribution in [3.05, 3.63) is 96.8 Å². The van der Waals surface area contributed by atoms with Crippen LogP contribution in [-0.2, 0) is 19.4 Å². The third-order valence-corrected chi connectivity index (χ3v) is 10.4. The Labute approximate surface area is 246 Å². The molecular weight excluding hydrogens is 533 g/mol. The van der Waals surface area contributed by atoms with Crippen LogP contribution in [0.1, 0.15) is 89.6 Å². The summed E-state index contributed by atoms with van der Waals surface area (Å²) in [5.41, 5.74) is 7.41. The fraction of sp³-hybridized carbons (Fsp3) is 0.424. The second-order valence-electron chi connectivity index (χ2n) is 11.0. The average molecular weight is 573 g/mol. The number of benzene rings is 2. The number of allylic oxidation sites excluding steroid dienone is 2. The molecule has 1 atom stereocenters. The first-order chi connectivity index (χ1) is 19.0. The Bertz CT molecular complexity index is 1490. The predicted molar refractivity (Wildman–Crippen MR) is 168 cm³/mol. The van der Waals surface area contributed by atoms with E-state index in [2.05, 4.69) is 36.1 Å². The number of fused-ring (bicyclic) bond motifs is 3. The minimum absolute atomic E-state index is 0. The van der Waals surface area contributed by atoms with Gasteiger partial charge in [-0.25, -0.2) is 0 Å². The summed E-state index contributed by atoms with van der Waals surface area (Å²) in [6, 6.07) is 17.1. The number of aryl methyl sites for hydroxylation is 3. The molecule has 2 aromatic carbocycles. The lowest BCUT2D eigenvalue weighted by Crippen LogP contribution is -2.26. The van der Waals surface area contributed by atoms with Crippen LogP contribution in [0.2, 0.25) is 0 Å². The Kier molecular flexibility index (Phi) is 8.81. The zero-order valence-electron chi connectivity index (χ0n) is 22.8. The van der Waals surface area contributed by atoms with Crippen molar-refractivity contribution >= 4 is 34.0 Å². The van der Waals surface area contributed by atoms with E-state index in [0.717, 1.165) is 30.5 Å². The molecule has 0 saturated carbocycles. The predicted octanol–water partition coefficient (Wildman–Crippen LogP) is 7.98. The van der Waals surface area contributed by atoms with Crippen LogP contribution in [0.25, 0.3) is 0 Å². The topological polar surface area (TPSA) is 61.5 Å². The number of hydrogen-bond acceptors (Lipinski definition) is 6. The Morgan fingerprint density at radius 3 is 2.33 bits per heavy atom. The molecule has 4 aliphatic rings. The summed E-state index contributed by atoms with van der Waals surface area (Å²) in [7, 11) is 0. The van der Waals surface area contributed by atoms with Gasteiger partial charge in [0.25, 0.3) is 0 Å². The molecule has 3 heterocycles. The van der Waals surface area contributed by atoms with E-state index in [1.54, 1.807) is 10.6 Å². The highest BCUT2D eigenvalue weighted by molar-refractivity contribution is 8.17. The molecule has 5 nitrogen and oxygen atoms in total. The Balaban J connectivity index is 0.000000157. The largest absolute Gasteiger partial charge is 0.315 e. The van der Waals surface area contributed by atoms with E-state index in [4.69, 9.17) is 10.4 Å². The van der Waals surface area contributed by atoms with Gasteiger partial charge in [0.15, 0.2) is 15.8 Å². The summed E-state index contributed by atoms with van der Waals surface area (Å²) in [6.45, 7) is 5.38. The van der Waals surface area contributed by atoms with Crippen LogP contribution in [0.3, 0.4) is 0 Å². The van der Waals surface area contributed by atoms with Crippen LogP contribution in [0, 0.1) is 19.3 Å². The summed E-state index contributed by atoms with van der Waals surface area (Å²) in [4.78, 5) is 23.0. The highest BCUT2D eigenvalue weighted by Crippen LogP contribution is 2.48. The van der Waals surface area contributed by atoms with Gasteiger partial charge < -0.3 is 9.47 Å². The number of carbonyl (C=O) groups is 1. The summed E-state index contributed by atoms with van der Waals surface area (Å²) in [5, 5.41) is 9.33. The van der Waals surface area contributed by atoms with E-state index in [-0.39, 0.29) is 13.2 Å². The molecule has 2 aliphatic heterocycles. The van der Waals surface area contributed by atoms with Crippen molar-refractivity contribution in [2.75, 3.05) is 6.54 Å². The van der Waals surface area contributed by atoms with E-state index < -0.39 is 0 Å². The molecule has 1 N–H and O–H groups in total. The van der Waals surface area contributed by atoms with Crippen molar-refractivity contribution in [1.82, 2.24) is 9.47 Å². The number of carbonyl (C=O) groups excluding carboxylic acids is 1. The lowest BCUT2D eigenvalue weighted by atomic mass is 10.00. The van der Waals surface area contributed by atoms with Crippen molar-refractivity contribution in [1.29, 1.82) is 5.41 Å². The smallest absolute Gasteiger partial charge is 0.182 e. The number of ketones is 1. The second-order valence-corrected chi connectivity index (χ2v) is 13.1. The average Bonchev–Trinajstić information content (AvgIpc) is 3.62. The molecule has 0 saturated heterocycles. The quantitative estimate of drug-likeness (QED) is 0.323. The lowest BCUT2D eigenvalue weighted by Gasteiger charge is -2.27. The second kappa shape index (κ2) is 12.3. The molecule has 1 aromatic heterocycles. The minimum atomic E-state index is 0. The monoisotopic (exact) mass is 572 g/mol. The van der Waals surface area contributed by atoms with Gasteiger partial charge in [-0.15, -0.1) is 11.3 Å². The van der Waals surface area contributed by atoms with Gasteiger partial charge in [-0.3, -0.25) is 15.2 Å². The zero-order chi connectivity index (χ0) is 26.9. The molecule has 7 rings (SSSR count). The van der Waals surface area contributed by atoms with Crippen LogP contribution in [0.4, 0.5) is 0 Å². The fourth-order valence-corrected chi connectivity index (χ4v) is 8.27. The van der Waals surface area contributed by atoms with Crippen molar-refractivity contribution in [3.63, 3.8) is 0 Å². The Morgan fingerprint density at radius 2 is 1.57 bits per heavy atom. The number of aliphatic imine (C=N–C) groups is 1. The normalized spacial score (nSPS) is 19.1. The number of nitrogens with one attached hydrogen (secondary N) is 1. The maximum atomic E-state index is 12.4. The van der Waals surface area contributed by atoms with E-state index in [0.29, 0.717) is 17.4 Å². The molecule has 0 bridgehead atoms. The van der Waals surface area contributed by atoms with Gasteiger partial charge in [-0.2, -0.15) is 0 Å². The maximum Gasteiger partial charge on any atom is 0.182 e. The van der Waals surface area contributed by atoms with Gasteiger partial charge >= 0.3 is 0 Å². The zero-order valence-corrected chi connectivity index (χ0v) is 24.5. The first-order valence-corrected chi connectivity index (χ1v) is 15.8. The lowest BCUT2D eigenvalue weighted by molar-refractivity contribution is 0.0969. The molecule has 7 heteroatoms. The SMILES string of the molecule is C.Cc1ccc(C(=O)Cn2c3c(sc2=N)CCCC3)cc1.Cc1ccc(C2CN=C3SC4=C(CCCC4)N32)cc1. The van der Waals surface area contributed by atoms with E-state index in [9.17, 15) is 4.79 Å². The molecule has 1 unspecified atom stereocenters. The first kappa shape index (κ1) is 28.6. The molecular formula is C33H40N4OS2. The van der Waals surface area contributed by atoms with Crippen LogP contribution in [0.5, 0.6) is 0 Å². The van der Waals surface area contributed by atoms with Crippen LogP contribution < -0.4 is 4.80 Å². The Morgan fingerprint density at radius 1 is 0.925 bits per heavy atom. The molecule has 0 spiro atoms. The fourth-order valence-electron chi connectivity index (χ4n) is 5.91. The minimum Gasteiger partial charge on any atom is -0.315 e. The molecule has 0 radical (unpaired) electrons. The Hall–Kier alpha value is -2.90. The molecule has 3 aromatic rings. The summed E-state index contributed by atoms with van der Waals surface area (Å²) < 4.78 is 1.90. The number of amidine groups is 1. The van der Waals surface area contributed by atoms with Crippen molar-refractivity contribution in [2.45, 2.75) is 85.2 Å². The van der Waals surface area contributed by atoms with Crippen LogP contribution >= 0.6 is 23.1 Å². The summed E-state index contributed by atoms with van der Waals surface area (Å²) in [6.07, 6.45) is 9.63. The van der Waals surface area contributed by atoms with Gasteiger partial charge in [-0.05, 0) is 70.8 Å². The molecule has 210 valence electrons. The number of rotatable bonds is 4. The van der Waals surface area contributed by atoms with E-state index >= 15 is 0 Å². The maximum absolute atomic E-state index is 12.4. The number of thioether (sulfide) groups is 1. The van der Waals surface area contributed by atoms with Crippen molar-refractivity contribution in [3.8, 4) is 0 Å². The summed E-state index contributed by atoms with van der Waals surface area (Å²) >= 11 is 3.46.